The number of nitrogens with zero attached hydrogens (tertiary/aromatic N) is 2. The number of benzene rings is 3. The van der Waals surface area contributed by atoms with E-state index < -0.39 is 5.92 Å². The summed E-state index contributed by atoms with van der Waals surface area (Å²) in [7, 11) is 0. The van der Waals surface area contributed by atoms with Crippen molar-refractivity contribution in [3.05, 3.63) is 101 Å². The van der Waals surface area contributed by atoms with Gasteiger partial charge in [-0.2, -0.15) is 5.26 Å². The maximum absolute atomic E-state index is 10.6. The summed E-state index contributed by atoms with van der Waals surface area (Å²) >= 11 is 0. The zero-order chi connectivity index (χ0) is 21.4. The third-order valence-electron chi connectivity index (χ3n) is 5.30. The fraction of sp³-hybridized carbons (Fsp3) is 0.0400. The summed E-state index contributed by atoms with van der Waals surface area (Å²) in [4.78, 5) is 4.61. The lowest BCUT2D eigenvalue weighted by Crippen LogP contribution is -2.21. The van der Waals surface area contributed by atoms with Crippen molar-refractivity contribution in [1.29, 1.82) is 5.26 Å². The van der Waals surface area contributed by atoms with Gasteiger partial charge in [-0.15, -0.1) is 0 Å². The summed E-state index contributed by atoms with van der Waals surface area (Å²) in [6.45, 7) is 0. The summed E-state index contributed by atoms with van der Waals surface area (Å²) in [6.07, 6.45) is 3.14. The quantitative estimate of drug-likeness (QED) is 0.459. The molecule has 0 radical (unpaired) electrons. The van der Waals surface area contributed by atoms with Gasteiger partial charge in [0.15, 0.2) is 0 Å². The van der Waals surface area contributed by atoms with Crippen LogP contribution in [-0.2, 0) is 0 Å². The zero-order valence-corrected chi connectivity index (χ0v) is 16.3. The number of allylic oxidation sites excluding steroid dienone is 1. The summed E-state index contributed by atoms with van der Waals surface area (Å²) in [5.74, 6) is 0.389. The first-order valence-corrected chi connectivity index (χ1v) is 9.65. The van der Waals surface area contributed by atoms with Gasteiger partial charge < -0.3 is 20.0 Å². The number of hydrogen-bond donors (Lipinski definition) is 2. The molecule has 5 rings (SSSR count). The van der Waals surface area contributed by atoms with E-state index in [4.69, 9.17) is 14.9 Å². The number of aliphatic imine (C=N–C) groups is 1. The molecular formula is C25H17N3O3. The molecule has 0 spiro atoms. The van der Waals surface area contributed by atoms with Gasteiger partial charge in [0.1, 0.15) is 28.9 Å². The Kier molecular flexibility index (Phi) is 4.42. The molecule has 0 aliphatic carbocycles. The van der Waals surface area contributed by atoms with Crippen LogP contribution in [0.2, 0.25) is 0 Å². The van der Waals surface area contributed by atoms with E-state index in [0.29, 0.717) is 22.6 Å². The van der Waals surface area contributed by atoms with Gasteiger partial charge in [0.25, 0.3) is 0 Å². The number of phenols is 1. The minimum atomic E-state index is -0.533. The Labute approximate surface area is 178 Å². The first kappa shape index (κ1) is 18.5. The summed E-state index contributed by atoms with van der Waals surface area (Å²) < 4.78 is 11.2. The van der Waals surface area contributed by atoms with Gasteiger partial charge in [0, 0.05) is 28.8 Å². The van der Waals surface area contributed by atoms with Crippen molar-refractivity contribution in [2.45, 2.75) is 5.92 Å². The molecule has 6 heteroatoms. The smallest absolute Gasteiger partial charge is 0.205 e. The highest BCUT2D eigenvalue weighted by Gasteiger charge is 2.33. The molecule has 1 atom stereocenters. The molecule has 1 aliphatic heterocycles. The Hall–Kier alpha value is -4.50. The third kappa shape index (κ3) is 3.18. The van der Waals surface area contributed by atoms with Crippen molar-refractivity contribution in [2.75, 3.05) is 0 Å². The van der Waals surface area contributed by atoms with Crippen molar-refractivity contribution < 1.29 is 14.3 Å². The molecule has 3 aromatic carbocycles. The zero-order valence-electron chi connectivity index (χ0n) is 16.3. The molecule has 150 valence electrons. The van der Waals surface area contributed by atoms with E-state index in [2.05, 4.69) is 11.1 Å². The highest BCUT2D eigenvalue weighted by molar-refractivity contribution is 5.96. The van der Waals surface area contributed by atoms with Gasteiger partial charge >= 0.3 is 0 Å². The number of furan rings is 1. The van der Waals surface area contributed by atoms with Crippen molar-refractivity contribution in [3.8, 4) is 17.6 Å². The molecule has 1 aliphatic rings. The molecule has 31 heavy (non-hydrogen) atoms. The standard InChI is InChI=1S/C25H17N3O3/c26-13-19-24(22-9-4-10-30-22)18-11-16(21(29)12-23(18)31-25(19)27)14-28-20-8-3-6-15-5-1-2-7-17(15)20/h1-12,14,24,29H,27H2/t24-/m1/s1. The normalized spacial score (nSPS) is 15.6. The van der Waals surface area contributed by atoms with Crippen LogP contribution >= 0.6 is 0 Å². The Bertz CT molecular complexity index is 1390. The Morgan fingerprint density at radius 1 is 1.06 bits per heavy atom. The monoisotopic (exact) mass is 407 g/mol. The molecule has 0 amide bonds. The summed E-state index contributed by atoms with van der Waals surface area (Å²) in [5, 5.41) is 22.3. The second-order valence-corrected chi connectivity index (χ2v) is 7.15. The van der Waals surface area contributed by atoms with E-state index in [-0.39, 0.29) is 17.2 Å². The minimum Gasteiger partial charge on any atom is -0.507 e. The van der Waals surface area contributed by atoms with Crippen molar-refractivity contribution >= 4 is 22.7 Å². The van der Waals surface area contributed by atoms with E-state index in [0.717, 1.165) is 16.5 Å². The van der Waals surface area contributed by atoms with Gasteiger partial charge in [0.2, 0.25) is 5.88 Å². The molecule has 3 N–H and O–H groups in total. The molecule has 0 unspecified atom stereocenters. The lowest BCUT2D eigenvalue weighted by atomic mass is 9.86. The summed E-state index contributed by atoms with van der Waals surface area (Å²) in [5.41, 5.74) is 8.16. The number of nitriles is 1. The molecule has 0 saturated heterocycles. The van der Waals surface area contributed by atoms with E-state index in [1.165, 1.54) is 6.07 Å². The van der Waals surface area contributed by atoms with Crippen LogP contribution in [0.5, 0.6) is 11.5 Å². The SMILES string of the molecule is N#CC1=C(N)Oc2cc(O)c(C=Nc3cccc4ccccc34)cc2[C@H]1c1ccco1. The third-order valence-corrected chi connectivity index (χ3v) is 5.30. The van der Waals surface area contributed by atoms with E-state index in [9.17, 15) is 10.4 Å². The molecule has 1 aromatic heterocycles. The first-order chi connectivity index (χ1) is 15.2. The number of aromatic hydroxyl groups is 1. The predicted molar refractivity (Wildman–Crippen MR) is 117 cm³/mol. The van der Waals surface area contributed by atoms with Crippen LogP contribution in [0, 0.1) is 11.3 Å². The highest BCUT2D eigenvalue weighted by atomic mass is 16.5. The maximum Gasteiger partial charge on any atom is 0.205 e. The molecule has 0 fully saturated rings. The minimum absolute atomic E-state index is 0.00543. The van der Waals surface area contributed by atoms with Gasteiger partial charge in [0.05, 0.1) is 17.9 Å². The van der Waals surface area contributed by atoms with Crippen LogP contribution in [0.3, 0.4) is 0 Å². The van der Waals surface area contributed by atoms with Crippen LogP contribution in [0.1, 0.15) is 22.8 Å². The molecule has 0 saturated carbocycles. The van der Waals surface area contributed by atoms with Crippen LogP contribution in [0.25, 0.3) is 10.8 Å². The predicted octanol–water partition coefficient (Wildman–Crippen LogP) is 5.11. The van der Waals surface area contributed by atoms with Gasteiger partial charge in [-0.3, -0.25) is 4.99 Å². The fourth-order valence-corrected chi connectivity index (χ4v) is 3.82. The lowest BCUT2D eigenvalue weighted by molar-refractivity contribution is 0.379. The molecule has 6 nitrogen and oxygen atoms in total. The van der Waals surface area contributed by atoms with E-state index in [1.54, 1.807) is 30.7 Å². The number of phenolic OH excluding ortho intramolecular Hbond substituents is 1. The van der Waals surface area contributed by atoms with Crippen LogP contribution in [0.15, 0.2) is 93.9 Å². The number of hydrogen-bond acceptors (Lipinski definition) is 6. The average Bonchev–Trinajstić information content (AvgIpc) is 3.31. The molecule has 4 aromatic rings. The highest BCUT2D eigenvalue weighted by Crippen LogP contribution is 2.44. The molecular weight excluding hydrogens is 390 g/mol. The van der Waals surface area contributed by atoms with Gasteiger partial charge in [-0.05, 0) is 29.7 Å². The second-order valence-electron chi connectivity index (χ2n) is 7.15. The van der Waals surface area contributed by atoms with Crippen LogP contribution in [-0.4, -0.2) is 11.3 Å². The number of fused-ring (bicyclic) bond motifs is 2. The number of nitrogens with two attached hydrogens (primary N) is 1. The second kappa shape index (κ2) is 7.39. The van der Waals surface area contributed by atoms with Crippen molar-refractivity contribution in [3.63, 3.8) is 0 Å². The maximum atomic E-state index is 10.6. The van der Waals surface area contributed by atoms with E-state index >= 15 is 0 Å². The van der Waals surface area contributed by atoms with Crippen LogP contribution in [0.4, 0.5) is 5.69 Å². The van der Waals surface area contributed by atoms with E-state index in [1.807, 2.05) is 42.5 Å². The van der Waals surface area contributed by atoms with Crippen molar-refractivity contribution in [1.82, 2.24) is 0 Å². The largest absolute Gasteiger partial charge is 0.507 e. The van der Waals surface area contributed by atoms with Crippen molar-refractivity contribution in [2.24, 2.45) is 10.7 Å². The molecule has 0 bridgehead atoms. The number of ether oxygens (including phenoxy) is 1. The average molecular weight is 407 g/mol. The Morgan fingerprint density at radius 3 is 2.71 bits per heavy atom. The Balaban J connectivity index is 1.61. The lowest BCUT2D eigenvalue weighted by Gasteiger charge is -2.25. The Morgan fingerprint density at radius 2 is 1.90 bits per heavy atom. The van der Waals surface area contributed by atoms with Crippen LogP contribution < -0.4 is 10.5 Å². The molecule has 2 heterocycles. The fourth-order valence-electron chi connectivity index (χ4n) is 3.82. The van der Waals surface area contributed by atoms with Gasteiger partial charge in [-0.25, -0.2) is 0 Å². The summed E-state index contributed by atoms with van der Waals surface area (Å²) in [6, 6.07) is 22.7. The van der Waals surface area contributed by atoms with Gasteiger partial charge in [-0.1, -0.05) is 36.4 Å². The number of rotatable bonds is 3. The first-order valence-electron chi connectivity index (χ1n) is 9.65. The topological polar surface area (TPSA) is 105 Å².